The van der Waals surface area contributed by atoms with Gasteiger partial charge in [0.1, 0.15) is 0 Å². The Morgan fingerprint density at radius 3 is 2.55 bits per heavy atom. The Morgan fingerprint density at radius 1 is 1.10 bits per heavy atom. The maximum absolute atomic E-state index is 5.87. The van der Waals surface area contributed by atoms with Gasteiger partial charge in [-0.15, -0.1) is 0 Å². The van der Waals surface area contributed by atoms with Gasteiger partial charge in [-0.2, -0.15) is 0 Å². The number of benzene rings is 1. The van der Waals surface area contributed by atoms with Crippen LogP contribution in [0.3, 0.4) is 0 Å². The van der Waals surface area contributed by atoms with Gasteiger partial charge in [-0.1, -0.05) is 30.3 Å². The third kappa shape index (κ3) is 6.67. The van der Waals surface area contributed by atoms with E-state index in [0.717, 1.165) is 64.7 Å². The van der Waals surface area contributed by atoms with Gasteiger partial charge in [-0.05, 0) is 56.4 Å². The number of fused-ring (bicyclic) bond motifs is 2. The molecule has 6 nitrogen and oxygen atoms in total. The van der Waals surface area contributed by atoms with Crippen molar-refractivity contribution in [1.82, 2.24) is 15.5 Å². The molecule has 2 unspecified atom stereocenters. The van der Waals surface area contributed by atoms with Crippen LogP contribution >= 0.6 is 0 Å². The highest BCUT2D eigenvalue weighted by Crippen LogP contribution is 2.36. The summed E-state index contributed by atoms with van der Waals surface area (Å²) in [5.41, 5.74) is 1.43. The Balaban J connectivity index is 1.13. The molecule has 3 fully saturated rings. The molecule has 2 bridgehead atoms. The zero-order valence-electron chi connectivity index (χ0n) is 19.1. The van der Waals surface area contributed by atoms with E-state index in [0.29, 0.717) is 24.0 Å². The number of nitrogens with zero attached hydrogens (tertiary/aromatic N) is 2. The number of nitrogens with one attached hydrogen (secondary N) is 2. The molecule has 2 atom stereocenters. The van der Waals surface area contributed by atoms with Gasteiger partial charge in [0.2, 0.25) is 0 Å². The van der Waals surface area contributed by atoms with E-state index in [9.17, 15) is 0 Å². The average molecular weight is 429 g/mol. The first-order valence-electron chi connectivity index (χ1n) is 12.2. The summed E-state index contributed by atoms with van der Waals surface area (Å²) in [5, 5.41) is 7.17. The molecule has 0 amide bonds. The monoisotopic (exact) mass is 428 g/mol. The molecule has 6 heteroatoms. The summed E-state index contributed by atoms with van der Waals surface area (Å²) in [4.78, 5) is 7.19. The molecule has 3 heterocycles. The van der Waals surface area contributed by atoms with Crippen LogP contribution in [0.1, 0.15) is 50.5 Å². The number of guanidine groups is 1. The second-order valence-electron chi connectivity index (χ2n) is 9.34. The van der Waals surface area contributed by atoms with Gasteiger partial charge in [0, 0.05) is 64.7 Å². The second kappa shape index (κ2) is 11.8. The zero-order valence-corrected chi connectivity index (χ0v) is 19.1. The van der Waals surface area contributed by atoms with E-state index in [1.165, 1.54) is 31.2 Å². The van der Waals surface area contributed by atoms with Crippen LogP contribution in [0.2, 0.25) is 0 Å². The standard InChI is InChI=1S/C25H40N4O2/c1-26-25(27-12-5-13-31-19-21-10-14-30-15-11-21)28-22-16-23-8-9-24(17-22)29(23)18-20-6-3-2-4-7-20/h2-4,6-7,21-24H,5,8-19H2,1H3,(H2,26,27,28). The van der Waals surface area contributed by atoms with Crippen molar-refractivity contribution >= 4 is 5.96 Å². The summed E-state index contributed by atoms with van der Waals surface area (Å²) < 4.78 is 11.3. The number of hydrogen-bond donors (Lipinski definition) is 2. The van der Waals surface area contributed by atoms with E-state index in [1.807, 2.05) is 7.05 Å². The molecule has 0 aliphatic carbocycles. The molecular weight excluding hydrogens is 388 g/mol. The summed E-state index contributed by atoms with van der Waals surface area (Å²) in [7, 11) is 1.87. The SMILES string of the molecule is CN=C(NCCCOCC1CCOCC1)NC1CC2CCC(C1)N2Cc1ccccc1. The summed E-state index contributed by atoms with van der Waals surface area (Å²) in [6, 6.07) is 12.8. The molecule has 4 rings (SSSR count). The van der Waals surface area contributed by atoms with Crippen LogP contribution in [-0.4, -0.2) is 69.0 Å². The van der Waals surface area contributed by atoms with E-state index < -0.39 is 0 Å². The van der Waals surface area contributed by atoms with Gasteiger partial charge in [0.15, 0.2) is 5.96 Å². The van der Waals surface area contributed by atoms with Crippen molar-refractivity contribution in [3.8, 4) is 0 Å². The molecule has 0 aromatic heterocycles. The van der Waals surface area contributed by atoms with E-state index >= 15 is 0 Å². The molecule has 172 valence electrons. The highest BCUT2D eigenvalue weighted by Gasteiger charge is 2.40. The molecule has 31 heavy (non-hydrogen) atoms. The maximum Gasteiger partial charge on any atom is 0.191 e. The van der Waals surface area contributed by atoms with Crippen LogP contribution in [-0.2, 0) is 16.0 Å². The number of ether oxygens (including phenoxy) is 2. The fourth-order valence-corrected chi connectivity index (χ4v) is 5.38. The lowest BCUT2D eigenvalue weighted by molar-refractivity contribution is 0.0203. The summed E-state index contributed by atoms with van der Waals surface area (Å²) in [6.07, 6.45) is 8.35. The third-order valence-electron chi connectivity index (χ3n) is 7.11. The van der Waals surface area contributed by atoms with E-state index in [4.69, 9.17) is 9.47 Å². The van der Waals surface area contributed by atoms with Crippen LogP contribution in [0.25, 0.3) is 0 Å². The van der Waals surface area contributed by atoms with Crippen molar-refractivity contribution in [3.05, 3.63) is 35.9 Å². The van der Waals surface area contributed by atoms with Crippen LogP contribution in [0.5, 0.6) is 0 Å². The molecule has 1 aromatic carbocycles. The van der Waals surface area contributed by atoms with E-state index in [-0.39, 0.29) is 0 Å². The minimum absolute atomic E-state index is 0.514. The first-order valence-corrected chi connectivity index (χ1v) is 12.2. The lowest BCUT2D eigenvalue weighted by Gasteiger charge is -2.39. The van der Waals surface area contributed by atoms with Crippen molar-refractivity contribution in [2.75, 3.05) is 40.0 Å². The topological polar surface area (TPSA) is 58.1 Å². The average Bonchev–Trinajstić information content (AvgIpc) is 3.04. The molecule has 3 saturated heterocycles. The fourth-order valence-electron chi connectivity index (χ4n) is 5.38. The normalized spacial score (nSPS) is 27.4. The molecule has 3 aliphatic heterocycles. The Morgan fingerprint density at radius 2 is 1.84 bits per heavy atom. The van der Waals surface area contributed by atoms with Crippen molar-refractivity contribution < 1.29 is 9.47 Å². The molecule has 0 radical (unpaired) electrons. The predicted molar refractivity (Wildman–Crippen MR) is 125 cm³/mol. The summed E-state index contributed by atoms with van der Waals surface area (Å²) in [6.45, 7) is 5.45. The van der Waals surface area contributed by atoms with Gasteiger partial charge >= 0.3 is 0 Å². The van der Waals surface area contributed by atoms with Gasteiger partial charge < -0.3 is 20.1 Å². The van der Waals surface area contributed by atoms with Gasteiger partial charge in [-0.3, -0.25) is 9.89 Å². The minimum Gasteiger partial charge on any atom is -0.381 e. The quantitative estimate of drug-likeness (QED) is 0.359. The Bertz CT molecular complexity index is 663. The molecule has 0 spiro atoms. The largest absolute Gasteiger partial charge is 0.381 e. The van der Waals surface area contributed by atoms with E-state index in [1.54, 1.807) is 0 Å². The van der Waals surface area contributed by atoms with Crippen molar-refractivity contribution in [3.63, 3.8) is 0 Å². The lowest BCUT2D eigenvalue weighted by atomic mass is 9.96. The van der Waals surface area contributed by atoms with Crippen LogP contribution < -0.4 is 10.6 Å². The zero-order chi connectivity index (χ0) is 21.3. The number of aliphatic imine (C=N–C) groups is 1. The minimum atomic E-state index is 0.514. The van der Waals surface area contributed by atoms with Crippen molar-refractivity contribution in [2.24, 2.45) is 10.9 Å². The molecule has 0 saturated carbocycles. The first-order chi connectivity index (χ1) is 15.3. The van der Waals surface area contributed by atoms with Gasteiger partial charge in [-0.25, -0.2) is 0 Å². The molecular formula is C25H40N4O2. The van der Waals surface area contributed by atoms with Gasteiger partial charge in [0.25, 0.3) is 0 Å². The van der Waals surface area contributed by atoms with Crippen molar-refractivity contribution in [2.45, 2.75) is 69.6 Å². The number of rotatable bonds is 9. The second-order valence-corrected chi connectivity index (χ2v) is 9.34. The Labute approximate surface area is 187 Å². The maximum atomic E-state index is 5.87. The summed E-state index contributed by atoms with van der Waals surface area (Å²) >= 11 is 0. The Kier molecular flexibility index (Phi) is 8.62. The molecule has 2 N–H and O–H groups in total. The van der Waals surface area contributed by atoms with Crippen LogP contribution in [0, 0.1) is 5.92 Å². The van der Waals surface area contributed by atoms with E-state index in [2.05, 4.69) is 50.9 Å². The highest BCUT2D eigenvalue weighted by molar-refractivity contribution is 5.79. The first kappa shape index (κ1) is 22.6. The molecule has 3 aliphatic rings. The Hall–Kier alpha value is -1.63. The number of hydrogen-bond acceptors (Lipinski definition) is 4. The highest BCUT2D eigenvalue weighted by atomic mass is 16.5. The van der Waals surface area contributed by atoms with Crippen LogP contribution in [0.15, 0.2) is 35.3 Å². The lowest BCUT2D eigenvalue weighted by Crippen LogP contribution is -2.52. The van der Waals surface area contributed by atoms with Gasteiger partial charge in [0.05, 0.1) is 0 Å². The third-order valence-corrected chi connectivity index (χ3v) is 7.11. The van der Waals surface area contributed by atoms with Crippen LogP contribution in [0.4, 0.5) is 0 Å². The smallest absolute Gasteiger partial charge is 0.191 e. The predicted octanol–water partition coefficient (Wildman–Crippen LogP) is 3.18. The number of piperidine rings is 1. The fraction of sp³-hybridized carbons (Fsp3) is 0.720. The molecule has 1 aromatic rings. The summed E-state index contributed by atoms with van der Waals surface area (Å²) in [5.74, 6) is 1.62. The van der Waals surface area contributed by atoms with Crippen molar-refractivity contribution in [1.29, 1.82) is 0 Å².